The van der Waals surface area contributed by atoms with Crippen LogP contribution in [0.5, 0.6) is 0 Å². The molecular weight excluding hydrogens is 513 g/mol. The fourth-order valence-corrected chi connectivity index (χ4v) is 6.26. The molecule has 224 valence electrons. The SMILES string of the molecule is CCCCCCCCCCCCCCCCS(=O)(=O)CCOCCC(C)C(COP(=O)(O)O)[N+](C)(C)C. The summed E-state index contributed by atoms with van der Waals surface area (Å²) in [5.41, 5.74) is 0. The van der Waals surface area contributed by atoms with Crippen molar-refractivity contribution in [3.05, 3.63) is 0 Å². The predicted molar refractivity (Wildman–Crippen MR) is 153 cm³/mol. The van der Waals surface area contributed by atoms with Gasteiger partial charge in [-0.2, -0.15) is 0 Å². The molecule has 2 unspecified atom stereocenters. The maximum atomic E-state index is 12.3. The zero-order valence-electron chi connectivity index (χ0n) is 24.5. The Bertz CT molecular complexity index is 691. The van der Waals surface area contributed by atoms with Crippen molar-refractivity contribution in [2.24, 2.45) is 5.92 Å². The first-order chi connectivity index (χ1) is 17.3. The van der Waals surface area contributed by atoms with Gasteiger partial charge in [-0.05, 0) is 12.8 Å². The number of ether oxygens (including phenoxy) is 1. The summed E-state index contributed by atoms with van der Waals surface area (Å²) in [5.74, 6) is 0.354. The van der Waals surface area contributed by atoms with Gasteiger partial charge in [0.25, 0.3) is 0 Å². The van der Waals surface area contributed by atoms with E-state index in [0.717, 1.165) is 19.3 Å². The van der Waals surface area contributed by atoms with Crippen LogP contribution in [-0.4, -0.2) is 81.2 Å². The third-order valence-corrected chi connectivity index (χ3v) is 9.32. The van der Waals surface area contributed by atoms with E-state index in [1.807, 2.05) is 28.1 Å². The van der Waals surface area contributed by atoms with Gasteiger partial charge >= 0.3 is 7.82 Å². The number of sulfone groups is 1. The Balaban J connectivity index is 3.83. The lowest BCUT2D eigenvalue weighted by Crippen LogP contribution is -2.51. The number of nitrogens with zero attached hydrogens (tertiary/aromatic N) is 1. The van der Waals surface area contributed by atoms with Crippen LogP contribution in [0.15, 0.2) is 0 Å². The van der Waals surface area contributed by atoms with E-state index in [9.17, 15) is 13.0 Å². The first-order valence-corrected chi connectivity index (χ1v) is 17.9. The molecule has 0 aromatic carbocycles. The van der Waals surface area contributed by atoms with E-state index in [4.69, 9.17) is 19.0 Å². The Hall–Kier alpha value is -0.0200. The molecule has 0 spiro atoms. The highest BCUT2D eigenvalue weighted by molar-refractivity contribution is 7.91. The second-order valence-electron chi connectivity index (χ2n) is 11.6. The molecule has 0 bridgehead atoms. The number of phosphoric acid groups is 1. The molecule has 0 aromatic rings. The zero-order valence-corrected chi connectivity index (χ0v) is 26.2. The van der Waals surface area contributed by atoms with Gasteiger partial charge in [0.15, 0.2) is 9.84 Å². The number of quaternary nitrogens is 1. The Morgan fingerprint density at radius 3 is 1.65 bits per heavy atom. The van der Waals surface area contributed by atoms with Gasteiger partial charge in [-0.15, -0.1) is 0 Å². The van der Waals surface area contributed by atoms with Crippen molar-refractivity contribution >= 4 is 17.7 Å². The van der Waals surface area contributed by atoms with E-state index in [-0.39, 0.29) is 36.7 Å². The second-order valence-corrected chi connectivity index (χ2v) is 15.1. The second kappa shape index (κ2) is 20.8. The van der Waals surface area contributed by atoms with Crippen LogP contribution in [0.3, 0.4) is 0 Å². The van der Waals surface area contributed by atoms with E-state index in [0.29, 0.717) is 17.5 Å². The lowest BCUT2D eigenvalue weighted by molar-refractivity contribution is -0.900. The van der Waals surface area contributed by atoms with Gasteiger partial charge in [-0.1, -0.05) is 97.3 Å². The molecule has 0 heterocycles. The molecule has 0 aliphatic carbocycles. The smallest absolute Gasteiger partial charge is 0.380 e. The third kappa shape index (κ3) is 23.6. The van der Waals surface area contributed by atoms with Gasteiger partial charge in [0.05, 0.1) is 39.3 Å². The number of rotatable bonds is 26. The Kier molecular flexibility index (Phi) is 20.8. The molecule has 0 rings (SSSR count). The van der Waals surface area contributed by atoms with Gasteiger partial charge in [0.1, 0.15) is 12.6 Å². The van der Waals surface area contributed by atoms with Crippen molar-refractivity contribution in [2.45, 2.75) is 116 Å². The molecule has 10 heteroatoms. The minimum Gasteiger partial charge on any atom is -0.380 e. The van der Waals surface area contributed by atoms with Crippen LogP contribution in [-0.2, 0) is 23.7 Å². The fraction of sp³-hybridized carbons (Fsp3) is 1.00. The highest BCUT2D eigenvalue weighted by atomic mass is 32.2. The molecule has 0 aliphatic rings. The highest BCUT2D eigenvalue weighted by Crippen LogP contribution is 2.37. The molecule has 0 radical (unpaired) electrons. The summed E-state index contributed by atoms with van der Waals surface area (Å²) in [6, 6.07) is -0.125. The maximum absolute atomic E-state index is 12.3. The van der Waals surface area contributed by atoms with Gasteiger partial charge in [0, 0.05) is 12.5 Å². The molecule has 0 saturated heterocycles. The summed E-state index contributed by atoms with van der Waals surface area (Å²) >= 11 is 0. The van der Waals surface area contributed by atoms with Crippen molar-refractivity contribution in [1.29, 1.82) is 0 Å². The zero-order chi connectivity index (χ0) is 28.2. The predicted octanol–water partition coefficient (Wildman–Crippen LogP) is 6.11. The summed E-state index contributed by atoms with van der Waals surface area (Å²) in [7, 11) is -1.76. The van der Waals surface area contributed by atoms with Gasteiger partial charge in [0.2, 0.25) is 0 Å². The van der Waals surface area contributed by atoms with Crippen LogP contribution in [0, 0.1) is 5.92 Å². The molecule has 2 atom stereocenters. The topological polar surface area (TPSA) is 110 Å². The van der Waals surface area contributed by atoms with E-state index in [1.54, 1.807) is 0 Å². The van der Waals surface area contributed by atoms with Crippen molar-refractivity contribution in [3.8, 4) is 0 Å². The average Bonchev–Trinajstić information content (AvgIpc) is 2.77. The molecule has 0 amide bonds. The standard InChI is InChI=1S/C27H58NO7PS/c1-6-7-8-9-10-11-12-13-14-15-16-17-18-19-23-37(32,33)24-22-34-21-20-26(2)27(28(3,4)5)25-35-36(29,30)31/h26-27H,6-25H2,1-5H3,(H-,29,30,31)/p+1. The molecule has 0 fully saturated rings. The van der Waals surface area contributed by atoms with E-state index in [2.05, 4.69) is 6.92 Å². The molecule has 0 aromatic heterocycles. The largest absolute Gasteiger partial charge is 0.469 e. The van der Waals surface area contributed by atoms with Crippen molar-refractivity contribution in [2.75, 3.05) is 52.5 Å². The van der Waals surface area contributed by atoms with Crippen molar-refractivity contribution in [3.63, 3.8) is 0 Å². The fourth-order valence-electron chi connectivity index (χ4n) is 4.69. The van der Waals surface area contributed by atoms with Crippen molar-refractivity contribution in [1.82, 2.24) is 0 Å². The highest BCUT2D eigenvalue weighted by Gasteiger charge is 2.32. The molecular formula is C27H59NO7PS+. The van der Waals surface area contributed by atoms with Gasteiger partial charge < -0.3 is 19.0 Å². The summed E-state index contributed by atoms with van der Waals surface area (Å²) in [6.07, 6.45) is 18.1. The number of likely N-dealkylation sites (N-methyl/N-ethyl adjacent to an activating group) is 1. The summed E-state index contributed by atoms with van der Waals surface area (Å²) in [6.45, 7) is 4.78. The van der Waals surface area contributed by atoms with Crippen LogP contribution in [0.4, 0.5) is 0 Å². The van der Waals surface area contributed by atoms with E-state index in [1.165, 1.54) is 70.6 Å². The minimum atomic E-state index is -4.52. The van der Waals surface area contributed by atoms with E-state index < -0.39 is 17.7 Å². The van der Waals surface area contributed by atoms with Crippen LogP contribution in [0.25, 0.3) is 0 Å². The molecule has 2 N–H and O–H groups in total. The van der Waals surface area contributed by atoms with Gasteiger partial charge in [-0.25, -0.2) is 13.0 Å². The maximum Gasteiger partial charge on any atom is 0.469 e. The number of hydrogen-bond donors (Lipinski definition) is 2. The van der Waals surface area contributed by atoms with Crippen molar-refractivity contribution < 1.29 is 36.5 Å². The van der Waals surface area contributed by atoms with Crippen LogP contribution < -0.4 is 0 Å². The normalized spacial score (nSPS) is 14.7. The third-order valence-electron chi connectivity index (χ3n) is 7.13. The van der Waals surface area contributed by atoms with Gasteiger partial charge in [-0.3, -0.25) is 4.52 Å². The average molecular weight is 573 g/mol. The molecule has 37 heavy (non-hydrogen) atoms. The summed E-state index contributed by atoms with van der Waals surface area (Å²) < 4.78 is 46.5. The van der Waals surface area contributed by atoms with E-state index >= 15 is 0 Å². The monoisotopic (exact) mass is 572 g/mol. The Labute approximate surface area is 228 Å². The summed E-state index contributed by atoms with van der Waals surface area (Å²) in [4.78, 5) is 18.0. The summed E-state index contributed by atoms with van der Waals surface area (Å²) in [5, 5.41) is 0. The lowest BCUT2D eigenvalue weighted by atomic mass is 9.97. The van der Waals surface area contributed by atoms with Crippen LogP contribution in [0.1, 0.15) is 110 Å². The Morgan fingerprint density at radius 1 is 0.757 bits per heavy atom. The minimum absolute atomic E-state index is 0.0416. The first kappa shape index (κ1) is 37.0. The number of unbranched alkanes of at least 4 members (excludes halogenated alkanes) is 13. The lowest BCUT2D eigenvalue weighted by Gasteiger charge is -2.37. The Morgan fingerprint density at radius 2 is 1.22 bits per heavy atom. The van der Waals surface area contributed by atoms with Crippen LogP contribution in [0.2, 0.25) is 0 Å². The molecule has 8 nitrogen and oxygen atoms in total. The first-order valence-electron chi connectivity index (χ1n) is 14.6. The number of phosphoric ester groups is 1. The number of hydrogen-bond acceptors (Lipinski definition) is 5. The molecule has 0 saturated carbocycles. The quantitative estimate of drug-likeness (QED) is 0.0731. The van der Waals surface area contributed by atoms with Crippen LogP contribution >= 0.6 is 7.82 Å². The molecule has 0 aliphatic heterocycles.